The largest absolute Gasteiger partial charge is 0.393 e. The van der Waals surface area contributed by atoms with Gasteiger partial charge in [0.1, 0.15) is 0 Å². The monoisotopic (exact) mass is 390 g/mol. The molecule has 5 rings (SSSR count). The van der Waals surface area contributed by atoms with Crippen molar-refractivity contribution < 1.29 is 5.11 Å². The zero-order chi connectivity index (χ0) is 20.2. The molecule has 0 bridgehead atoms. The van der Waals surface area contributed by atoms with E-state index < -0.39 is 0 Å². The van der Waals surface area contributed by atoms with Crippen LogP contribution in [0.3, 0.4) is 0 Å². The molecule has 0 amide bonds. The van der Waals surface area contributed by atoms with Crippen molar-refractivity contribution in [2.45, 2.75) is 84.7 Å². The van der Waals surface area contributed by atoms with Crippen LogP contribution in [0.1, 0.15) is 77.7 Å². The molecule has 4 aliphatic carbocycles. The summed E-state index contributed by atoms with van der Waals surface area (Å²) in [5.74, 6) is 2.18. The number of hydrogen-bond donors (Lipinski definition) is 1. The van der Waals surface area contributed by atoms with Crippen LogP contribution in [0.5, 0.6) is 0 Å². The van der Waals surface area contributed by atoms with E-state index in [1.165, 1.54) is 50.5 Å². The molecule has 0 aromatic heterocycles. The van der Waals surface area contributed by atoms with Gasteiger partial charge in [0.25, 0.3) is 0 Å². The summed E-state index contributed by atoms with van der Waals surface area (Å²) in [5.41, 5.74) is 7.48. The third-order valence-corrected chi connectivity index (χ3v) is 9.57. The van der Waals surface area contributed by atoms with Crippen molar-refractivity contribution in [1.29, 1.82) is 0 Å². The molecule has 4 aliphatic rings. The molecule has 0 heterocycles. The molecule has 1 saturated carbocycles. The number of allylic oxidation sites excluding steroid dienone is 4. The molecule has 0 saturated heterocycles. The first kappa shape index (κ1) is 19.6. The van der Waals surface area contributed by atoms with Crippen molar-refractivity contribution in [3.63, 3.8) is 0 Å². The smallest absolute Gasteiger partial charge is 0.0543 e. The fourth-order valence-electron chi connectivity index (χ4n) is 7.86. The van der Waals surface area contributed by atoms with Crippen molar-refractivity contribution in [2.75, 3.05) is 0 Å². The Bertz CT molecular complexity index is 833. The summed E-state index contributed by atoms with van der Waals surface area (Å²) >= 11 is 0. The third-order valence-electron chi connectivity index (χ3n) is 9.57. The Balaban J connectivity index is 1.41. The van der Waals surface area contributed by atoms with E-state index in [1.807, 2.05) is 0 Å². The standard InChI is InChI=1S/C28H38O/c1-19(17-20-7-5-4-6-8-20)24-11-12-25-23-10-9-21-18-22(29)13-15-27(21,2)26(23)14-16-28(24,25)3/h4-8,12,19,21-22,24,29H,9-11,13-18H2,1-3H3/t19-,21?,22?,24-,27+,28-/m1/s1. The van der Waals surface area contributed by atoms with Gasteiger partial charge in [0.05, 0.1) is 6.10 Å². The minimum Gasteiger partial charge on any atom is -0.393 e. The topological polar surface area (TPSA) is 20.2 Å². The second-order valence-electron chi connectivity index (χ2n) is 11.1. The van der Waals surface area contributed by atoms with Crippen molar-refractivity contribution in [2.24, 2.45) is 28.6 Å². The zero-order valence-corrected chi connectivity index (χ0v) is 18.6. The molecular weight excluding hydrogens is 352 g/mol. The van der Waals surface area contributed by atoms with E-state index in [0.29, 0.717) is 16.7 Å². The average Bonchev–Trinajstić information content (AvgIpc) is 3.06. The van der Waals surface area contributed by atoms with Gasteiger partial charge in [0.15, 0.2) is 0 Å². The quantitative estimate of drug-likeness (QED) is 0.597. The Labute approximate surface area is 177 Å². The minimum absolute atomic E-state index is 0.0574. The lowest BCUT2D eigenvalue weighted by atomic mass is 9.51. The van der Waals surface area contributed by atoms with Gasteiger partial charge in [-0.2, -0.15) is 0 Å². The summed E-state index contributed by atoms with van der Waals surface area (Å²) in [5, 5.41) is 10.2. The third kappa shape index (κ3) is 3.07. The Morgan fingerprint density at radius 3 is 2.62 bits per heavy atom. The molecule has 1 aromatic rings. The van der Waals surface area contributed by atoms with Crippen LogP contribution in [0.15, 0.2) is 53.1 Å². The van der Waals surface area contributed by atoms with Gasteiger partial charge < -0.3 is 5.11 Å². The van der Waals surface area contributed by atoms with Crippen LogP contribution >= 0.6 is 0 Å². The van der Waals surface area contributed by atoms with E-state index >= 15 is 0 Å². The van der Waals surface area contributed by atoms with E-state index in [-0.39, 0.29) is 6.10 Å². The highest BCUT2D eigenvalue weighted by molar-refractivity contribution is 5.49. The molecule has 29 heavy (non-hydrogen) atoms. The highest BCUT2D eigenvalue weighted by atomic mass is 16.3. The Hall–Kier alpha value is -1.34. The highest BCUT2D eigenvalue weighted by Crippen LogP contribution is 2.64. The van der Waals surface area contributed by atoms with Gasteiger partial charge in [0.2, 0.25) is 0 Å². The summed E-state index contributed by atoms with van der Waals surface area (Å²) in [6.45, 7) is 7.61. The summed E-state index contributed by atoms with van der Waals surface area (Å²) < 4.78 is 0. The number of benzene rings is 1. The Morgan fingerprint density at radius 1 is 1.03 bits per heavy atom. The SMILES string of the molecule is C[C@H](Cc1ccccc1)[C@H]1CC=C2C3=C(CC[C@@]21C)[C@@]1(C)CCC(O)CC1CC3. The molecule has 1 N–H and O–H groups in total. The fourth-order valence-corrected chi connectivity index (χ4v) is 7.86. The molecule has 0 radical (unpaired) electrons. The first-order valence-corrected chi connectivity index (χ1v) is 12.1. The zero-order valence-electron chi connectivity index (χ0n) is 18.6. The molecule has 1 nitrogen and oxygen atoms in total. The first-order valence-electron chi connectivity index (χ1n) is 12.1. The molecule has 6 atom stereocenters. The first-order chi connectivity index (χ1) is 13.9. The number of rotatable bonds is 3. The summed E-state index contributed by atoms with van der Waals surface area (Å²) in [4.78, 5) is 0. The van der Waals surface area contributed by atoms with Gasteiger partial charge in [-0.3, -0.25) is 0 Å². The van der Waals surface area contributed by atoms with Crippen LogP contribution in [0.4, 0.5) is 0 Å². The maximum absolute atomic E-state index is 10.2. The van der Waals surface area contributed by atoms with Crippen molar-refractivity contribution in [3.8, 4) is 0 Å². The lowest BCUT2D eigenvalue weighted by molar-refractivity contribution is 0.0226. The van der Waals surface area contributed by atoms with Crippen LogP contribution in [0, 0.1) is 28.6 Å². The van der Waals surface area contributed by atoms with Crippen molar-refractivity contribution in [1.82, 2.24) is 0 Å². The van der Waals surface area contributed by atoms with Crippen LogP contribution < -0.4 is 0 Å². The van der Waals surface area contributed by atoms with E-state index in [9.17, 15) is 5.11 Å². The number of hydrogen-bond acceptors (Lipinski definition) is 1. The van der Waals surface area contributed by atoms with Crippen LogP contribution in [-0.2, 0) is 6.42 Å². The van der Waals surface area contributed by atoms with Crippen molar-refractivity contribution in [3.05, 3.63) is 58.7 Å². The van der Waals surface area contributed by atoms with Gasteiger partial charge in [-0.05, 0) is 103 Å². The predicted octanol–water partition coefficient (Wildman–Crippen LogP) is 6.87. The lowest BCUT2D eigenvalue weighted by Gasteiger charge is -2.54. The van der Waals surface area contributed by atoms with Crippen LogP contribution in [0.25, 0.3) is 0 Å². The number of aliphatic hydroxyl groups excluding tert-OH is 1. The van der Waals surface area contributed by atoms with Crippen LogP contribution in [-0.4, -0.2) is 11.2 Å². The minimum atomic E-state index is -0.0574. The molecule has 0 aliphatic heterocycles. The maximum atomic E-state index is 10.2. The lowest BCUT2D eigenvalue weighted by Crippen LogP contribution is -2.44. The van der Waals surface area contributed by atoms with Gasteiger partial charge in [-0.15, -0.1) is 0 Å². The van der Waals surface area contributed by atoms with E-state index in [2.05, 4.69) is 57.2 Å². The van der Waals surface area contributed by atoms with Gasteiger partial charge >= 0.3 is 0 Å². The second kappa shape index (κ2) is 7.12. The average molecular weight is 391 g/mol. The molecular formula is C28H38O. The van der Waals surface area contributed by atoms with E-state index in [4.69, 9.17) is 0 Å². The molecule has 1 heteroatoms. The second-order valence-corrected chi connectivity index (χ2v) is 11.1. The number of fused-ring (bicyclic) bond motifs is 4. The van der Waals surface area contributed by atoms with Crippen LogP contribution in [0.2, 0.25) is 0 Å². The Morgan fingerprint density at radius 2 is 1.83 bits per heavy atom. The molecule has 1 fully saturated rings. The summed E-state index contributed by atoms with van der Waals surface area (Å²) in [6, 6.07) is 11.1. The van der Waals surface area contributed by atoms with E-state index in [0.717, 1.165) is 24.7 Å². The molecule has 2 unspecified atom stereocenters. The fraction of sp³-hybridized carbons (Fsp3) is 0.643. The van der Waals surface area contributed by atoms with Gasteiger partial charge in [-0.25, -0.2) is 0 Å². The number of aliphatic hydroxyl groups is 1. The highest BCUT2D eigenvalue weighted by Gasteiger charge is 2.52. The van der Waals surface area contributed by atoms with Crippen molar-refractivity contribution >= 4 is 0 Å². The molecule has 1 aromatic carbocycles. The maximum Gasteiger partial charge on any atom is 0.0543 e. The normalized spacial score (nSPS) is 40.0. The molecule has 156 valence electrons. The summed E-state index contributed by atoms with van der Waals surface area (Å²) in [6.07, 6.45) is 13.4. The predicted molar refractivity (Wildman–Crippen MR) is 121 cm³/mol. The van der Waals surface area contributed by atoms with Gasteiger partial charge in [-0.1, -0.05) is 62.8 Å². The van der Waals surface area contributed by atoms with Gasteiger partial charge in [0, 0.05) is 0 Å². The molecule has 0 spiro atoms. The summed E-state index contributed by atoms with van der Waals surface area (Å²) in [7, 11) is 0. The van der Waals surface area contributed by atoms with E-state index in [1.54, 1.807) is 16.7 Å². The Kier molecular flexibility index (Phi) is 4.81.